The summed E-state index contributed by atoms with van der Waals surface area (Å²) in [5.74, 6) is -0.668. The van der Waals surface area contributed by atoms with Gasteiger partial charge in [-0.15, -0.1) is 0 Å². The van der Waals surface area contributed by atoms with Crippen molar-refractivity contribution in [2.45, 2.75) is 39.0 Å². The molecule has 0 amide bonds. The van der Waals surface area contributed by atoms with Gasteiger partial charge in [-0.1, -0.05) is 43.3 Å². The van der Waals surface area contributed by atoms with Crippen molar-refractivity contribution in [2.75, 3.05) is 0 Å². The third kappa shape index (κ3) is 2.67. The van der Waals surface area contributed by atoms with Crippen molar-refractivity contribution in [3.63, 3.8) is 0 Å². The maximum atomic E-state index is 12.4. The van der Waals surface area contributed by atoms with E-state index in [0.717, 1.165) is 21.9 Å². The van der Waals surface area contributed by atoms with Crippen LogP contribution in [0.2, 0.25) is 0 Å². The van der Waals surface area contributed by atoms with Crippen molar-refractivity contribution in [3.05, 3.63) is 58.9 Å². The zero-order valence-electron chi connectivity index (χ0n) is 13.4. The fourth-order valence-electron chi connectivity index (χ4n) is 3.53. The number of Topliss-reactive ketones (excluding diaryl/α,β-unsaturated/α-hetero) is 2. The average Bonchev–Trinajstić information content (AvgIpc) is 2.53. The minimum Gasteiger partial charge on any atom is -0.511 e. The Kier molecular flexibility index (Phi) is 4.03. The fourth-order valence-corrected chi connectivity index (χ4v) is 3.53. The van der Waals surface area contributed by atoms with Gasteiger partial charge in [-0.3, -0.25) is 9.59 Å². The van der Waals surface area contributed by atoms with Gasteiger partial charge >= 0.3 is 0 Å². The maximum Gasteiger partial charge on any atom is 0.170 e. The molecule has 0 saturated heterocycles. The van der Waals surface area contributed by atoms with Crippen LogP contribution in [0.1, 0.15) is 43.2 Å². The van der Waals surface area contributed by atoms with E-state index in [-0.39, 0.29) is 41.7 Å². The largest absolute Gasteiger partial charge is 0.511 e. The standard InChI is InChI=1S/C20H20O3/c1-3-16(21)20-17(22)10-14(11-18(20)23)19-12(2)8-9-13-6-4-5-7-15(13)19/h4-9,14,21H,3,10-11H2,1-2H3. The number of hydrogen-bond acceptors (Lipinski definition) is 3. The summed E-state index contributed by atoms with van der Waals surface area (Å²) in [6.45, 7) is 3.76. The van der Waals surface area contributed by atoms with Gasteiger partial charge in [-0.05, 0) is 34.7 Å². The molecule has 0 aromatic heterocycles. The van der Waals surface area contributed by atoms with Gasteiger partial charge in [0.1, 0.15) is 5.76 Å². The smallest absolute Gasteiger partial charge is 0.170 e. The number of benzene rings is 2. The van der Waals surface area contributed by atoms with Crippen molar-refractivity contribution in [1.29, 1.82) is 0 Å². The number of hydrogen-bond donors (Lipinski definition) is 1. The van der Waals surface area contributed by atoms with Crippen LogP contribution in [0.25, 0.3) is 10.8 Å². The Bertz CT molecular complexity index is 810. The zero-order chi connectivity index (χ0) is 16.6. The summed E-state index contributed by atoms with van der Waals surface area (Å²) in [6, 6.07) is 12.2. The van der Waals surface area contributed by atoms with Gasteiger partial charge in [-0.25, -0.2) is 0 Å². The minimum absolute atomic E-state index is 0.0154. The molecule has 1 saturated carbocycles. The first-order valence-electron chi connectivity index (χ1n) is 7.99. The van der Waals surface area contributed by atoms with Gasteiger partial charge in [0.05, 0.1) is 5.57 Å². The van der Waals surface area contributed by atoms with Crippen molar-refractivity contribution in [1.82, 2.24) is 0 Å². The van der Waals surface area contributed by atoms with Crippen LogP contribution in [-0.4, -0.2) is 16.7 Å². The highest BCUT2D eigenvalue weighted by atomic mass is 16.3. The molecule has 3 heteroatoms. The van der Waals surface area contributed by atoms with E-state index < -0.39 is 0 Å². The SMILES string of the molecule is CCC(O)=C1C(=O)CC(c2c(C)ccc3ccccc23)CC1=O. The summed E-state index contributed by atoms with van der Waals surface area (Å²) in [5.41, 5.74) is 2.20. The lowest BCUT2D eigenvalue weighted by molar-refractivity contribution is -0.124. The lowest BCUT2D eigenvalue weighted by Crippen LogP contribution is -2.26. The molecular weight excluding hydrogens is 288 g/mol. The maximum absolute atomic E-state index is 12.4. The molecule has 0 radical (unpaired) electrons. The van der Waals surface area contributed by atoms with Gasteiger partial charge in [0.2, 0.25) is 0 Å². The number of rotatable bonds is 2. The van der Waals surface area contributed by atoms with Crippen molar-refractivity contribution in [2.24, 2.45) is 0 Å². The summed E-state index contributed by atoms with van der Waals surface area (Å²) in [4.78, 5) is 24.8. The number of carbonyl (C=O) groups excluding carboxylic acids is 2. The summed E-state index contributed by atoms with van der Waals surface area (Å²) in [7, 11) is 0. The second-order valence-corrected chi connectivity index (χ2v) is 6.14. The van der Waals surface area contributed by atoms with E-state index in [0.29, 0.717) is 6.42 Å². The third-order valence-corrected chi connectivity index (χ3v) is 4.64. The lowest BCUT2D eigenvalue weighted by Gasteiger charge is -2.25. The quantitative estimate of drug-likeness (QED) is 0.508. The van der Waals surface area contributed by atoms with E-state index in [4.69, 9.17) is 0 Å². The number of carbonyl (C=O) groups is 2. The predicted molar refractivity (Wildman–Crippen MR) is 90.6 cm³/mol. The summed E-state index contributed by atoms with van der Waals surface area (Å²) in [5, 5.41) is 12.1. The highest BCUT2D eigenvalue weighted by Crippen LogP contribution is 2.38. The number of aliphatic hydroxyl groups excluding tert-OH is 1. The van der Waals surface area contributed by atoms with Crippen LogP contribution < -0.4 is 0 Å². The molecule has 1 aliphatic rings. The average molecular weight is 308 g/mol. The molecule has 23 heavy (non-hydrogen) atoms. The van der Waals surface area contributed by atoms with Crippen LogP contribution in [-0.2, 0) is 9.59 Å². The van der Waals surface area contributed by atoms with E-state index >= 15 is 0 Å². The van der Waals surface area contributed by atoms with Crippen LogP contribution in [0.15, 0.2) is 47.7 Å². The van der Waals surface area contributed by atoms with Crippen LogP contribution >= 0.6 is 0 Å². The molecule has 3 rings (SSSR count). The topological polar surface area (TPSA) is 54.4 Å². The van der Waals surface area contributed by atoms with Crippen molar-refractivity contribution >= 4 is 22.3 Å². The Morgan fingerprint density at radius 3 is 2.39 bits per heavy atom. The molecule has 0 unspecified atom stereocenters. The summed E-state index contributed by atoms with van der Waals surface area (Å²) < 4.78 is 0. The van der Waals surface area contributed by atoms with Crippen molar-refractivity contribution < 1.29 is 14.7 Å². The Morgan fingerprint density at radius 1 is 1.09 bits per heavy atom. The Hall–Kier alpha value is -2.42. The van der Waals surface area contributed by atoms with Gasteiger partial charge in [0.15, 0.2) is 11.6 Å². The highest BCUT2D eigenvalue weighted by molar-refractivity contribution is 6.22. The molecule has 0 heterocycles. The van der Waals surface area contributed by atoms with Gasteiger partial charge in [-0.2, -0.15) is 0 Å². The van der Waals surface area contributed by atoms with E-state index in [1.165, 1.54) is 0 Å². The molecule has 0 atom stereocenters. The monoisotopic (exact) mass is 308 g/mol. The fraction of sp³-hybridized carbons (Fsp3) is 0.300. The first kappa shape index (κ1) is 15.5. The summed E-state index contributed by atoms with van der Waals surface area (Å²) in [6.07, 6.45) is 0.866. The number of fused-ring (bicyclic) bond motifs is 1. The van der Waals surface area contributed by atoms with Crippen LogP contribution in [0.3, 0.4) is 0 Å². The number of aliphatic hydroxyl groups is 1. The molecule has 0 aliphatic heterocycles. The first-order valence-corrected chi connectivity index (χ1v) is 7.99. The van der Waals surface area contributed by atoms with Gasteiger partial charge in [0.25, 0.3) is 0 Å². The molecule has 1 N–H and O–H groups in total. The third-order valence-electron chi connectivity index (χ3n) is 4.64. The minimum atomic E-state index is -0.238. The second-order valence-electron chi connectivity index (χ2n) is 6.14. The molecule has 0 spiro atoms. The molecule has 0 bridgehead atoms. The molecule has 2 aromatic rings. The normalized spacial score (nSPS) is 18.5. The molecular formula is C20H20O3. The lowest BCUT2D eigenvalue weighted by atomic mass is 9.76. The van der Waals surface area contributed by atoms with E-state index in [9.17, 15) is 14.7 Å². The Labute approximate surface area is 135 Å². The molecule has 1 aliphatic carbocycles. The van der Waals surface area contributed by atoms with Gasteiger partial charge in [0, 0.05) is 19.3 Å². The predicted octanol–water partition coefficient (Wildman–Crippen LogP) is 4.39. The number of ketones is 2. The van der Waals surface area contributed by atoms with Crippen LogP contribution in [0.5, 0.6) is 0 Å². The van der Waals surface area contributed by atoms with Crippen LogP contribution in [0, 0.1) is 6.92 Å². The summed E-state index contributed by atoms with van der Waals surface area (Å²) >= 11 is 0. The molecule has 3 nitrogen and oxygen atoms in total. The second kappa shape index (κ2) is 5.99. The molecule has 2 aromatic carbocycles. The van der Waals surface area contributed by atoms with E-state index in [1.54, 1.807) is 6.92 Å². The van der Waals surface area contributed by atoms with Crippen molar-refractivity contribution in [3.8, 4) is 0 Å². The van der Waals surface area contributed by atoms with E-state index in [2.05, 4.69) is 6.07 Å². The Balaban J connectivity index is 2.07. The highest BCUT2D eigenvalue weighted by Gasteiger charge is 2.34. The Morgan fingerprint density at radius 2 is 1.74 bits per heavy atom. The molecule has 118 valence electrons. The first-order chi connectivity index (χ1) is 11.0. The van der Waals surface area contributed by atoms with E-state index in [1.807, 2.05) is 37.3 Å². The molecule has 1 fully saturated rings. The zero-order valence-corrected chi connectivity index (χ0v) is 13.4. The van der Waals surface area contributed by atoms with Crippen LogP contribution in [0.4, 0.5) is 0 Å². The van der Waals surface area contributed by atoms with Gasteiger partial charge < -0.3 is 5.11 Å². The number of aryl methyl sites for hydroxylation is 1. The number of allylic oxidation sites excluding steroid dienone is 2.